The topological polar surface area (TPSA) is 72.6 Å². The van der Waals surface area contributed by atoms with Crippen molar-refractivity contribution in [2.45, 2.75) is 6.92 Å². The van der Waals surface area contributed by atoms with Crippen LogP contribution in [0, 0.1) is 6.92 Å². The van der Waals surface area contributed by atoms with Crippen molar-refractivity contribution in [1.82, 2.24) is 5.16 Å². The molecule has 0 saturated heterocycles. The summed E-state index contributed by atoms with van der Waals surface area (Å²) in [6, 6.07) is 4.91. The maximum absolute atomic E-state index is 11.1. The first-order valence-corrected chi connectivity index (χ1v) is 5.46. The number of hydrogen-bond acceptors (Lipinski definition) is 4. The van der Waals surface area contributed by atoms with E-state index in [0.29, 0.717) is 16.3 Å². The second-order valence-corrected chi connectivity index (χ2v) is 4.02. The van der Waals surface area contributed by atoms with Crippen molar-refractivity contribution in [3.05, 3.63) is 34.5 Å². The Hall–Kier alpha value is -2.01. The molecule has 18 heavy (non-hydrogen) atoms. The monoisotopic (exact) mass is 267 g/mol. The number of rotatable bonds is 3. The van der Waals surface area contributed by atoms with Crippen LogP contribution in [0.4, 0.5) is 0 Å². The molecule has 1 aromatic heterocycles. The minimum Gasteiger partial charge on any atom is -0.497 e. The maximum Gasteiger partial charge on any atom is 0.341 e. The van der Waals surface area contributed by atoms with Gasteiger partial charge in [-0.2, -0.15) is 0 Å². The fourth-order valence-corrected chi connectivity index (χ4v) is 1.88. The second-order valence-electron chi connectivity index (χ2n) is 3.61. The third-order valence-corrected chi connectivity index (χ3v) is 2.82. The Morgan fingerprint density at radius 1 is 1.50 bits per heavy atom. The number of carbonyl (C=O) groups is 1. The molecule has 0 radical (unpaired) electrons. The number of aromatic nitrogens is 1. The number of aromatic carboxylic acids is 1. The van der Waals surface area contributed by atoms with E-state index in [2.05, 4.69) is 5.16 Å². The van der Waals surface area contributed by atoms with Crippen LogP contribution in [0.5, 0.6) is 5.75 Å². The summed E-state index contributed by atoms with van der Waals surface area (Å²) in [5, 5.41) is 13.2. The molecule has 1 N–H and O–H groups in total. The van der Waals surface area contributed by atoms with E-state index in [0.717, 1.165) is 0 Å². The quantitative estimate of drug-likeness (QED) is 0.925. The summed E-state index contributed by atoms with van der Waals surface area (Å²) in [7, 11) is 1.52. The summed E-state index contributed by atoms with van der Waals surface area (Å²) in [6.45, 7) is 1.54. The molecule has 5 nitrogen and oxygen atoms in total. The third kappa shape index (κ3) is 2.04. The molecule has 2 aromatic rings. The number of aryl methyl sites for hydroxylation is 1. The highest BCUT2D eigenvalue weighted by Crippen LogP contribution is 2.33. The molecule has 0 unspecified atom stereocenters. The summed E-state index contributed by atoms with van der Waals surface area (Å²) >= 11 is 6.07. The highest BCUT2D eigenvalue weighted by atomic mass is 35.5. The van der Waals surface area contributed by atoms with Crippen molar-refractivity contribution in [3.8, 4) is 17.0 Å². The van der Waals surface area contributed by atoms with Crippen molar-refractivity contribution in [1.29, 1.82) is 0 Å². The Bertz CT molecular complexity index is 606. The SMILES string of the molecule is COc1ccc(-c2noc(C)c2C(=O)O)c(Cl)c1. The molecule has 0 amide bonds. The molecule has 0 bridgehead atoms. The van der Waals surface area contributed by atoms with Gasteiger partial charge in [0.2, 0.25) is 0 Å². The van der Waals surface area contributed by atoms with Gasteiger partial charge in [0.05, 0.1) is 12.1 Å². The predicted octanol–water partition coefficient (Wildman–Crippen LogP) is 3.01. The number of carboxylic acid groups (broad SMARTS) is 1. The average Bonchev–Trinajstić information content (AvgIpc) is 2.70. The van der Waals surface area contributed by atoms with E-state index in [9.17, 15) is 4.79 Å². The van der Waals surface area contributed by atoms with Crippen LogP contribution in [0.1, 0.15) is 16.1 Å². The molecule has 6 heteroatoms. The standard InChI is InChI=1S/C12H10ClNO4/c1-6-10(12(15)16)11(14-18-6)8-4-3-7(17-2)5-9(8)13/h3-5H,1-2H3,(H,15,16). The normalized spacial score (nSPS) is 10.4. The number of methoxy groups -OCH3 is 1. The van der Waals surface area contributed by atoms with Crippen LogP contribution in [0.2, 0.25) is 5.02 Å². The second kappa shape index (κ2) is 4.70. The van der Waals surface area contributed by atoms with Crippen LogP contribution in [-0.2, 0) is 0 Å². The average molecular weight is 268 g/mol. The molecule has 1 aromatic carbocycles. The molecule has 94 valence electrons. The van der Waals surface area contributed by atoms with Crippen LogP contribution in [0.3, 0.4) is 0 Å². The van der Waals surface area contributed by atoms with Crippen LogP contribution in [0.15, 0.2) is 22.7 Å². The molecule has 0 atom stereocenters. The molecule has 0 aliphatic heterocycles. The van der Waals surface area contributed by atoms with Crippen molar-refractivity contribution in [2.24, 2.45) is 0 Å². The van der Waals surface area contributed by atoms with Gasteiger partial charge < -0.3 is 14.4 Å². The number of hydrogen-bond donors (Lipinski definition) is 1. The molecule has 0 fully saturated rings. The summed E-state index contributed by atoms with van der Waals surface area (Å²) in [6.07, 6.45) is 0. The van der Waals surface area contributed by atoms with Gasteiger partial charge in [-0.25, -0.2) is 4.79 Å². The summed E-state index contributed by atoms with van der Waals surface area (Å²) < 4.78 is 9.93. The van der Waals surface area contributed by atoms with Crippen molar-refractivity contribution >= 4 is 17.6 Å². The first-order valence-electron chi connectivity index (χ1n) is 5.08. The van der Waals surface area contributed by atoms with Gasteiger partial charge in [-0.1, -0.05) is 16.8 Å². The molecule has 1 heterocycles. The molecule has 0 aliphatic carbocycles. The van der Waals surface area contributed by atoms with Gasteiger partial charge in [0.1, 0.15) is 22.8 Å². The Morgan fingerprint density at radius 2 is 2.22 bits per heavy atom. The van der Waals surface area contributed by atoms with Gasteiger partial charge >= 0.3 is 5.97 Å². The van der Waals surface area contributed by atoms with E-state index < -0.39 is 5.97 Å². The Balaban J connectivity index is 2.59. The van der Waals surface area contributed by atoms with Crippen molar-refractivity contribution in [2.75, 3.05) is 7.11 Å². The minimum atomic E-state index is -1.10. The molecule has 0 aliphatic rings. The third-order valence-electron chi connectivity index (χ3n) is 2.51. The van der Waals surface area contributed by atoms with Crippen LogP contribution < -0.4 is 4.74 Å². The van der Waals surface area contributed by atoms with Gasteiger partial charge in [-0.3, -0.25) is 0 Å². The number of ether oxygens (including phenoxy) is 1. The van der Waals surface area contributed by atoms with Gasteiger partial charge in [0.25, 0.3) is 0 Å². The lowest BCUT2D eigenvalue weighted by atomic mass is 10.1. The van der Waals surface area contributed by atoms with Gasteiger partial charge in [0.15, 0.2) is 0 Å². The number of benzene rings is 1. The fourth-order valence-electron chi connectivity index (χ4n) is 1.62. The van der Waals surface area contributed by atoms with E-state index in [1.54, 1.807) is 18.2 Å². The van der Waals surface area contributed by atoms with Crippen LogP contribution >= 0.6 is 11.6 Å². The Morgan fingerprint density at radius 3 is 2.78 bits per heavy atom. The van der Waals surface area contributed by atoms with Crippen molar-refractivity contribution < 1.29 is 19.2 Å². The van der Waals surface area contributed by atoms with Gasteiger partial charge in [-0.05, 0) is 25.1 Å². The number of carboxylic acids is 1. The maximum atomic E-state index is 11.1. The largest absolute Gasteiger partial charge is 0.497 e. The first kappa shape index (κ1) is 12.4. The van der Waals surface area contributed by atoms with E-state index >= 15 is 0 Å². The summed E-state index contributed by atoms with van der Waals surface area (Å²) in [5.74, 6) is -0.277. The zero-order chi connectivity index (χ0) is 13.3. The van der Waals surface area contributed by atoms with E-state index in [4.69, 9.17) is 26.0 Å². The van der Waals surface area contributed by atoms with Gasteiger partial charge in [-0.15, -0.1) is 0 Å². The van der Waals surface area contributed by atoms with E-state index in [1.165, 1.54) is 14.0 Å². The molecular weight excluding hydrogens is 258 g/mol. The highest BCUT2D eigenvalue weighted by molar-refractivity contribution is 6.33. The zero-order valence-corrected chi connectivity index (χ0v) is 10.5. The van der Waals surface area contributed by atoms with E-state index in [-0.39, 0.29) is 17.0 Å². The van der Waals surface area contributed by atoms with Gasteiger partial charge in [0, 0.05) is 5.56 Å². The first-order chi connectivity index (χ1) is 8.54. The number of nitrogens with zero attached hydrogens (tertiary/aromatic N) is 1. The minimum absolute atomic E-state index is 0.0158. The molecular formula is C12H10ClNO4. The number of halogens is 1. The van der Waals surface area contributed by atoms with Crippen LogP contribution in [0.25, 0.3) is 11.3 Å². The van der Waals surface area contributed by atoms with Crippen molar-refractivity contribution in [3.63, 3.8) is 0 Å². The summed E-state index contributed by atoms with van der Waals surface area (Å²) in [4.78, 5) is 11.1. The Labute approximate surface area is 108 Å². The predicted molar refractivity (Wildman–Crippen MR) is 65.2 cm³/mol. The fraction of sp³-hybridized carbons (Fsp3) is 0.167. The molecule has 0 spiro atoms. The zero-order valence-electron chi connectivity index (χ0n) is 9.73. The smallest absolute Gasteiger partial charge is 0.341 e. The van der Waals surface area contributed by atoms with Crippen LogP contribution in [-0.4, -0.2) is 23.3 Å². The molecule has 2 rings (SSSR count). The Kier molecular flexibility index (Phi) is 3.25. The van der Waals surface area contributed by atoms with E-state index in [1.807, 2.05) is 0 Å². The molecule has 0 saturated carbocycles. The lowest BCUT2D eigenvalue weighted by Gasteiger charge is -2.04. The summed E-state index contributed by atoms with van der Waals surface area (Å²) in [5.41, 5.74) is 0.724. The lowest BCUT2D eigenvalue weighted by Crippen LogP contribution is -1.99. The lowest BCUT2D eigenvalue weighted by molar-refractivity contribution is 0.0696. The highest BCUT2D eigenvalue weighted by Gasteiger charge is 2.22.